The summed E-state index contributed by atoms with van der Waals surface area (Å²) >= 11 is 5.34. The van der Waals surface area contributed by atoms with Gasteiger partial charge in [-0.1, -0.05) is 22.0 Å². The van der Waals surface area contributed by atoms with Crippen LogP contribution in [0.3, 0.4) is 0 Å². The lowest BCUT2D eigenvalue weighted by atomic mass is 10.3. The van der Waals surface area contributed by atoms with Gasteiger partial charge in [0.05, 0.1) is 6.04 Å². The molecule has 1 N–H and O–H groups in total. The van der Waals surface area contributed by atoms with E-state index in [0.717, 1.165) is 22.6 Å². The van der Waals surface area contributed by atoms with Crippen LogP contribution in [0.5, 0.6) is 0 Å². The molecule has 5 heteroatoms. The molecule has 0 amide bonds. The Morgan fingerprint density at radius 1 is 1.47 bits per heavy atom. The molecule has 0 aliphatic rings. The second kappa shape index (κ2) is 7.12. The average Bonchev–Trinajstić information content (AvgIpc) is 2.88. The van der Waals surface area contributed by atoms with Gasteiger partial charge >= 0.3 is 0 Å². The number of aryl methyl sites for hydroxylation is 1. The van der Waals surface area contributed by atoms with E-state index in [9.17, 15) is 0 Å². The van der Waals surface area contributed by atoms with E-state index >= 15 is 0 Å². The number of nitrogens with one attached hydrogen (secondary N) is 1. The summed E-state index contributed by atoms with van der Waals surface area (Å²) in [5, 5.41) is 3.35. The van der Waals surface area contributed by atoms with Crippen molar-refractivity contribution in [1.29, 1.82) is 0 Å². The SMILES string of the molecule is CCn1ccnc1C(CSc1cccc(Br)c1)NC. The van der Waals surface area contributed by atoms with Crippen LogP contribution in [0.1, 0.15) is 18.8 Å². The van der Waals surface area contributed by atoms with Gasteiger partial charge in [-0.3, -0.25) is 0 Å². The fourth-order valence-corrected chi connectivity index (χ4v) is 3.53. The molecule has 19 heavy (non-hydrogen) atoms. The maximum absolute atomic E-state index is 4.47. The van der Waals surface area contributed by atoms with Gasteiger partial charge in [-0.2, -0.15) is 0 Å². The molecule has 0 saturated carbocycles. The van der Waals surface area contributed by atoms with Gasteiger partial charge < -0.3 is 9.88 Å². The molecule has 0 radical (unpaired) electrons. The van der Waals surface area contributed by atoms with Crippen LogP contribution < -0.4 is 5.32 Å². The molecule has 0 aliphatic heterocycles. The molecule has 1 aromatic carbocycles. The fourth-order valence-electron chi connectivity index (χ4n) is 1.92. The zero-order chi connectivity index (χ0) is 13.7. The monoisotopic (exact) mass is 339 g/mol. The minimum atomic E-state index is 0.263. The largest absolute Gasteiger partial charge is 0.334 e. The molecule has 2 rings (SSSR count). The summed E-state index contributed by atoms with van der Waals surface area (Å²) in [4.78, 5) is 5.73. The lowest BCUT2D eigenvalue weighted by Crippen LogP contribution is -2.22. The summed E-state index contributed by atoms with van der Waals surface area (Å²) in [5.74, 6) is 2.07. The van der Waals surface area contributed by atoms with Crippen LogP contribution in [0.25, 0.3) is 0 Å². The van der Waals surface area contributed by atoms with Crippen molar-refractivity contribution in [1.82, 2.24) is 14.9 Å². The molecule has 1 unspecified atom stereocenters. The Hall–Kier alpha value is -0.780. The minimum Gasteiger partial charge on any atom is -0.334 e. The highest BCUT2D eigenvalue weighted by Crippen LogP contribution is 2.26. The van der Waals surface area contributed by atoms with Crippen molar-refractivity contribution in [3.05, 3.63) is 47.0 Å². The molecule has 1 aromatic heterocycles. The normalized spacial score (nSPS) is 12.6. The Bertz CT molecular complexity index is 527. The maximum atomic E-state index is 4.47. The quantitative estimate of drug-likeness (QED) is 0.813. The Morgan fingerprint density at radius 2 is 2.32 bits per heavy atom. The van der Waals surface area contributed by atoms with E-state index in [0.29, 0.717) is 0 Å². The van der Waals surface area contributed by atoms with E-state index in [1.807, 2.05) is 37.3 Å². The van der Waals surface area contributed by atoms with Crippen molar-refractivity contribution in [2.45, 2.75) is 24.4 Å². The Labute approximate surface area is 126 Å². The Morgan fingerprint density at radius 3 is 3.00 bits per heavy atom. The van der Waals surface area contributed by atoms with Gasteiger partial charge in [0.2, 0.25) is 0 Å². The second-order valence-corrected chi connectivity index (χ2v) is 6.19. The highest BCUT2D eigenvalue weighted by Gasteiger charge is 2.14. The Balaban J connectivity index is 2.04. The third-order valence-corrected chi connectivity index (χ3v) is 4.54. The van der Waals surface area contributed by atoms with Crippen LogP contribution in [0.4, 0.5) is 0 Å². The van der Waals surface area contributed by atoms with Gasteiger partial charge in [-0.15, -0.1) is 11.8 Å². The highest BCUT2D eigenvalue weighted by molar-refractivity contribution is 9.10. The standard InChI is InChI=1S/C14H18BrN3S/c1-3-18-8-7-17-14(18)13(16-2)10-19-12-6-4-5-11(15)9-12/h4-9,13,16H,3,10H2,1-2H3. The zero-order valence-corrected chi connectivity index (χ0v) is 13.5. The number of rotatable bonds is 6. The topological polar surface area (TPSA) is 29.9 Å². The van der Waals surface area contributed by atoms with Gasteiger partial charge in [0, 0.05) is 34.1 Å². The molecule has 0 saturated heterocycles. The summed E-state index contributed by atoms with van der Waals surface area (Å²) in [6.07, 6.45) is 3.90. The molecule has 2 aromatic rings. The smallest absolute Gasteiger partial charge is 0.126 e. The fraction of sp³-hybridized carbons (Fsp3) is 0.357. The first kappa shape index (κ1) is 14.6. The highest BCUT2D eigenvalue weighted by atomic mass is 79.9. The first-order valence-corrected chi connectivity index (χ1v) is 8.09. The molecular formula is C14H18BrN3S. The van der Waals surface area contributed by atoms with Crippen molar-refractivity contribution in [3.63, 3.8) is 0 Å². The third kappa shape index (κ3) is 3.84. The van der Waals surface area contributed by atoms with Crippen LogP contribution >= 0.6 is 27.7 Å². The van der Waals surface area contributed by atoms with E-state index < -0.39 is 0 Å². The van der Waals surface area contributed by atoms with Crippen molar-refractivity contribution in [2.75, 3.05) is 12.8 Å². The Kier molecular flexibility index (Phi) is 5.48. The number of hydrogen-bond acceptors (Lipinski definition) is 3. The van der Waals surface area contributed by atoms with Crippen molar-refractivity contribution >= 4 is 27.7 Å². The van der Waals surface area contributed by atoms with Crippen LogP contribution in [-0.4, -0.2) is 22.4 Å². The van der Waals surface area contributed by atoms with Crippen LogP contribution in [0, 0.1) is 0 Å². The summed E-state index contributed by atoms with van der Waals surface area (Å²) in [6.45, 7) is 3.09. The van der Waals surface area contributed by atoms with E-state index in [1.165, 1.54) is 4.90 Å². The molecule has 0 aliphatic carbocycles. The maximum Gasteiger partial charge on any atom is 0.126 e. The van der Waals surface area contributed by atoms with Crippen LogP contribution in [0.2, 0.25) is 0 Å². The third-order valence-electron chi connectivity index (χ3n) is 2.96. The predicted molar refractivity (Wildman–Crippen MR) is 84.6 cm³/mol. The van der Waals surface area contributed by atoms with Crippen molar-refractivity contribution in [3.8, 4) is 0 Å². The lowest BCUT2D eigenvalue weighted by molar-refractivity contribution is 0.570. The summed E-state index contributed by atoms with van der Waals surface area (Å²) < 4.78 is 3.30. The number of imidazole rings is 1. The summed E-state index contributed by atoms with van der Waals surface area (Å²) in [7, 11) is 1.99. The van der Waals surface area contributed by atoms with Gasteiger partial charge in [-0.05, 0) is 32.2 Å². The molecule has 0 spiro atoms. The number of thioether (sulfide) groups is 1. The van der Waals surface area contributed by atoms with E-state index in [1.54, 1.807) is 0 Å². The van der Waals surface area contributed by atoms with Crippen LogP contribution in [0.15, 0.2) is 46.0 Å². The first-order valence-electron chi connectivity index (χ1n) is 6.31. The van der Waals surface area contributed by atoms with Gasteiger partial charge in [0.15, 0.2) is 0 Å². The molecule has 102 valence electrons. The van der Waals surface area contributed by atoms with Crippen LogP contribution in [-0.2, 0) is 6.54 Å². The minimum absolute atomic E-state index is 0.263. The van der Waals surface area contributed by atoms with E-state index in [4.69, 9.17) is 0 Å². The summed E-state index contributed by atoms with van der Waals surface area (Å²) in [6, 6.07) is 8.65. The molecule has 1 atom stereocenters. The molecule has 0 fully saturated rings. The molecular weight excluding hydrogens is 322 g/mol. The predicted octanol–water partition coefficient (Wildman–Crippen LogP) is 3.72. The number of hydrogen-bond donors (Lipinski definition) is 1. The second-order valence-electron chi connectivity index (χ2n) is 4.18. The molecule has 3 nitrogen and oxygen atoms in total. The lowest BCUT2D eigenvalue weighted by Gasteiger charge is -2.16. The summed E-state index contributed by atoms with van der Waals surface area (Å²) in [5.41, 5.74) is 0. The van der Waals surface area contributed by atoms with E-state index in [-0.39, 0.29) is 6.04 Å². The van der Waals surface area contributed by atoms with Gasteiger partial charge in [0.25, 0.3) is 0 Å². The average molecular weight is 340 g/mol. The number of halogens is 1. The van der Waals surface area contributed by atoms with Gasteiger partial charge in [0.1, 0.15) is 5.82 Å². The molecule has 1 heterocycles. The van der Waals surface area contributed by atoms with Crippen molar-refractivity contribution < 1.29 is 0 Å². The number of aromatic nitrogens is 2. The first-order chi connectivity index (χ1) is 9.24. The number of benzene rings is 1. The van der Waals surface area contributed by atoms with E-state index in [2.05, 4.69) is 55.9 Å². The van der Waals surface area contributed by atoms with Crippen molar-refractivity contribution in [2.24, 2.45) is 0 Å². The molecule has 0 bridgehead atoms. The number of nitrogens with zero attached hydrogens (tertiary/aromatic N) is 2. The zero-order valence-electron chi connectivity index (χ0n) is 11.1. The van der Waals surface area contributed by atoms with Gasteiger partial charge in [-0.25, -0.2) is 4.98 Å².